The van der Waals surface area contributed by atoms with E-state index in [1.165, 1.54) is 0 Å². The van der Waals surface area contributed by atoms with Gasteiger partial charge in [0.1, 0.15) is 5.78 Å². The van der Waals surface area contributed by atoms with Crippen LogP contribution < -0.4 is 0 Å². The number of aliphatic hydroxyl groups is 1. The number of hydrogen-bond acceptors (Lipinski definition) is 3. The second kappa shape index (κ2) is 3.23. The third-order valence-corrected chi connectivity index (χ3v) is 2.41. The molecule has 3 atom stereocenters. The maximum absolute atomic E-state index is 11.1. The average Bonchev–Trinajstić information content (AvgIpc) is 1.99. The molecule has 0 saturated heterocycles. The van der Waals surface area contributed by atoms with Crippen molar-refractivity contribution in [2.24, 2.45) is 11.8 Å². The van der Waals surface area contributed by atoms with Crippen molar-refractivity contribution in [2.45, 2.75) is 25.9 Å². The Bertz CT molecular complexity index is 211. The van der Waals surface area contributed by atoms with Gasteiger partial charge in [-0.1, -0.05) is 6.92 Å². The molecule has 1 aliphatic rings. The molecular weight excluding hydrogens is 160 g/mol. The third kappa shape index (κ3) is 1.64. The molecule has 12 heavy (non-hydrogen) atoms. The number of hydrogen-bond donors (Lipinski definition) is 2. The number of carbonyl (C=O) groups is 2. The number of aliphatic hydroxyl groups excluding tert-OH is 1. The minimum atomic E-state index is -0.991. The first kappa shape index (κ1) is 9.19. The molecule has 0 aromatic heterocycles. The van der Waals surface area contributed by atoms with E-state index >= 15 is 0 Å². The fourth-order valence-corrected chi connectivity index (χ4v) is 1.41. The fourth-order valence-electron chi connectivity index (χ4n) is 1.41. The van der Waals surface area contributed by atoms with E-state index < -0.39 is 23.9 Å². The molecule has 0 aliphatic heterocycles. The van der Waals surface area contributed by atoms with Gasteiger partial charge in [-0.15, -0.1) is 0 Å². The van der Waals surface area contributed by atoms with E-state index in [0.29, 0.717) is 0 Å². The highest BCUT2D eigenvalue weighted by Crippen LogP contribution is 2.26. The Balaban J connectivity index is 2.66. The van der Waals surface area contributed by atoms with Crippen molar-refractivity contribution in [1.29, 1.82) is 0 Å². The molecule has 0 radical (unpaired) electrons. The van der Waals surface area contributed by atoms with E-state index in [2.05, 4.69) is 0 Å². The van der Waals surface area contributed by atoms with E-state index in [1.54, 1.807) is 6.92 Å². The van der Waals surface area contributed by atoms with Gasteiger partial charge in [-0.3, -0.25) is 9.59 Å². The van der Waals surface area contributed by atoms with Crippen LogP contribution in [0.3, 0.4) is 0 Å². The summed E-state index contributed by atoms with van der Waals surface area (Å²) in [5.74, 6) is -2.24. The Hall–Kier alpha value is -0.900. The molecule has 4 nitrogen and oxygen atoms in total. The summed E-state index contributed by atoms with van der Waals surface area (Å²) >= 11 is 0. The van der Waals surface area contributed by atoms with Gasteiger partial charge in [0.25, 0.3) is 0 Å². The van der Waals surface area contributed by atoms with Crippen LogP contribution >= 0.6 is 0 Å². The van der Waals surface area contributed by atoms with E-state index in [1.807, 2.05) is 0 Å². The standard InChI is InChI=1S/C8H12O4/c1-4-6(9)2-5(8(11)12)3-7(4)10/h4-6,9H,2-3H2,1H3,(H,11,12). The molecule has 0 aromatic carbocycles. The van der Waals surface area contributed by atoms with Gasteiger partial charge >= 0.3 is 5.97 Å². The van der Waals surface area contributed by atoms with Crippen molar-refractivity contribution in [2.75, 3.05) is 0 Å². The first-order valence-electron chi connectivity index (χ1n) is 3.96. The van der Waals surface area contributed by atoms with E-state index in [0.717, 1.165) is 0 Å². The summed E-state index contributed by atoms with van der Waals surface area (Å²) in [6.45, 7) is 1.63. The zero-order valence-electron chi connectivity index (χ0n) is 6.86. The maximum Gasteiger partial charge on any atom is 0.307 e. The zero-order valence-corrected chi connectivity index (χ0v) is 6.86. The van der Waals surface area contributed by atoms with Crippen molar-refractivity contribution in [3.8, 4) is 0 Å². The van der Waals surface area contributed by atoms with Crippen molar-refractivity contribution < 1.29 is 19.8 Å². The summed E-state index contributed by atoms with van der Waals surface area (Å²) in [7, 11) is 0. The van der Waals surface area contributed by atoms with E-state index in [4.69, 9.17) is 5.11 Å². The molecular formula is C8H12O4. The summed E-state index contributed by atoms with van der Waals surface area (Å²) in [5, 5.41) is 17.9. The first-order chi connectivity index (χ1) is 5.52. The predicted molar refractivity (Wildman–Crippen MR) is 40.5 cm³/mol. The molecule has 0 bridgehead atoms. The highest BCUT2D eigenvalue weighted by Gasteiger charge is 2.35. The van der Waals surface area contributed by atoms with Crippen LogP contribution in [0.5, 0.6) is 0 Å². The highest BCUT2D eigenvalue weighted by molar-refractivity contribution is 5.87. The summed E-state index contributed by atoms with van der Waals surface area (Å²) in [6.07, 6.45) is -0.525. The Labute approximate surface area is 70.2 Å². The monoisotopic (exact) mass is 172 g/mol. The number of carboxylic acids is 1. The lowest BCUT2D eigenvalue weighted by atomic mass is 9.80. The van der Waals surface area contributed by atoms with Crippen molar-refractivity contribution in [1.82, 2.24) is 0 Å². The molecule has 1 fully saturated rings. The SMILES string of the molecule is CC1C(=O)CC(C(=O)O)CC1O. The van der Waals surface area contributed by atoms with Gasteiger partial charge < -0.3 is 10.2 Å². The lowest BCUT2D eigenvalue weighted by molar-refractivity contribution is -0.149. The average molecular weight is 172 g/mol. The number of aliphatic carboxylic acids is 1. The van der Waals surface area contributed by atoms with Crippen molar-refractivity contribution in [3.05, 3.63) is 0 Å². The molecule has 2 N–H and O–H groups in total. The summed E-state index contributed by atoms with van der Waals surface area (Å²) in [5.41, 5.74) is 0. The van der Waals surface area contributed by atoms with Crippen LogP contribution in [-0.4, -0.2) is 28.1 Å². The summed E-state index contributed by atoms with van der Waals surface area (Å²) in [6, 6.07) is 0. The van der Waals surface area contributed by atoms with Crippen LogP contribution in [-0.2, 0) is 9.59 Å². The van der Waals surface area contributed by atoms with Crippen LogP contribution in [0.15, 0.2) is 0 Å². The molecule has 1 aliphatic carbocycles. The maximum atomic E-state index is 11.1. The molecule has 1 rings (SSSR count). The molecule has 4 heteroatoms. The van der Waals surface area contributed by atoms with Crippen LogP contribution in [0, 0.1) is 11.8 Å². The second-order valence-corrected chi connectivity index (χ2v) is 3.30. The largest absolute Gasteiger partial charge is 0.481 e. The van der Waals surface area contributed by atoms with E-state index in [9.17, 15) is 14.7 Å². The highest BCUT2D eigenvalue weighted by atomic mass is 16.4. The molecule has 0 amide bonds. The van der Waals surface area contributed by atoms with Gasteiger partial charge in [0.05, 0.1) is 12.0 Å². The normalized spacial score (nSPS) is 36.5. The summed E-state index contributed by atoms with van der Waals surface area (Å²) < 4.78 is 0. The minimum Gasteiger partial charge on any atom is -0.481 e. The van der Waals surface area contributed by atoms with Gasteiger partial charge in [0, 0.05) is 12.3 Å². The predicted octanol–water partition coefficient (Wildman–Crippen LogP) is 0.0471. The lowest BCUT2D eigenvalue weighted by Gasteiger charge is -2.27. The third-order valence-electron chi connectivity index (χ3n) is 2.41. The zero-order chi connectivity index (χ0) is 9.30. The fraction of sp³-hybridized carbons (Fsp3) is 0.750. The smallest absolute Gasteiger partial charge is 0.307 e. The Morgan fingerprint density at radius 2 is 2.17 bits per heavy atom. The van der Waals surface area contributed by atoms with Crippen molar-refractivity contribution in [3.63, 3.8) is 0 Å². The summed E-state index contributed by atoms with van der Waals surface area (Å²) in [4.78, 5) is 21.6. The van der Waals surface area contributed by atoms with Crippen molar-refractivity contribution >= 4 is 11.8 Å². The van der Waals surface area contributed by atoms with Gasteiger partial charge in [-0.2, -0.15) is 0 Å². The van der Waals surface area contributed by atoms with E-state index in [-0.39, 0.29) is 18.6 Å². The lowest BCUT2D eigenvalue weighted by Crippen LogP contribution is -2.37. The molecule has 0 aromatic rings. The Kier molecular flexibility index (Phi) is 2.47. The number of rotatable bonds is 1. The number of Topliss-reactive ketones (excluding diaryl/α,β-unsaturated/α-hetero) is 1. The van der Waals surface area contributed by atoms with Crippen LogP contribution in [0.25, 0.3) is 0 Å². The van der Waals surface area contributed by atoms with Gasteiger partial charge in [-0.25, -0.2) is 0 Å². The minimum absolute atomic E-state index is 0.0631. The van der Waals surface area contributed by atoms with Gasteiger partial charge in [0.2, 0.25) is 0 Å². The Morgan fingerprint density at radius 1 is 1.58 bits per heavy atom. The molecule has 68 valence electrons. The number of carboxylic acid groups (broad SMARTS) is 1. The second-order valence-electron chi connectivity index (χ2n) is 3.30. The quantitative estimate of drug-likeness (QED) is 0.586. The topological polar surface area (TPSA) is 74.6 Å². The molecule has 1 saturated carbocycles. The molecule has 3 unspecified atom stereocenters. The molecule has 0 heterocycles. The Morgan fingerprint density at radius 3 is 2.58 bits per heavy atom. The van der Waals surface area contributed by atoms with Gasteiger partial charge in [-0.05, 0) is 6.42 Å². The van der Waals surface area contributed by atoms with Gasteiger partial charge in [0.15, 0.2) is 0 Å². The van der Waals surface area contributed by atoms with Crippen LogP contribution in [0.2, 0.25) is 0 Å². The van der Waals surface area contributed by atoms with Crippen LogP contribution in [0.4, 0.5) is 0 Å². The number of ketones is 1. The molecule has 0 spiro atoms. The first-order valence-corrected chi connectivity index (χ1v) is 3.96. The number of carbonyl (C=O) groups excluding carboxylic acids is 1. The van der Waals surface area contributed by atoms with Crippen LogP contribution in [0.1, 0.15) is 19.8 Å².